The van der Waals surface area contributed by atoms with Gasteiger partial charge in [0.2, 0.25) is 5.91 Å². The predicted octanol–water partition coefficient (Wildman–Crippen LogP) is 0.975. The largest absolute Gasteiger partial charge is 0.396 e. The number of hydrogen-bond donors (Lipinski definition) is 3. The Morgan fingerprint density at radius 3 is 2.76 bits per heavy atom. The van der Waals surface area contributed by atoms with Gasteiger partial charge in [-0.2, -0.15) is 0 Å². The predicted molar refractivity (Wildman–Crippen MR) is 97.2 cm³/mol. The maximum Gasteiger partial charge on any atom is 0.237 e. The summed E-state index contributed by atoms with van der Waals surface area (Å²) in [5, 5.41) is 20.0. The zero-order chi connectivity index (χ0) is 18.0. The molecule has 6 nitrogen and oxygen atoms in total. The van der Waals surface area contributed by atoms with Crippen molar-refractivity contribution in [3.63, 3.8) is 0 Å². The first-order valence-electron chi connectivity index (χ1n) is 8.72. The molecule has 0 spiro atoms. The number of aromatic amines is 1. The van der Waals surface area contributed by atoms with E-state index in [4.69, 9.17) is 0 Å². The van der Waals surface area contributed by atoms with Crippen molar-refractivity contribution >= 4 is 16.8 Å². The van der Waals surface area contributed by atoms with Crippen LogP contribution in [0.1, 0.15) is 18.2 Å². The fourth-order valence-electron chi connectivity index (χ4n) is 3.57. The maximum absolute atomic E-state index is 12.7. The van der Waals surface area contributed by atoms with Gasteiger partial charge in [0, 0.05) is 53.6 Å². The molecule has 1 aromatic heterocycles. The Kier molecular flexibility index (Phi) is 5.13. The molecule has 3 N–H and O–H groups in total. The highest BCUT2D eigenvalue weighted by molar-refractivity contribution is 5.86. The van der Waals surface area contributed by atoms with Crippen molar-refractivity contribution < 1.29 is 15.0 Å². The maximum atomic E-state index is 12.7. The van der Waals surface area contributed by atoms with E-state index in [0.29, 0.717) is 19.6 Å². The Morgan fingerprint density at radius 2 is 2.04 bits per heavy atom. The number of hydrogen-bond acceptors (Lipinski definition) is 4. The van der Waals surface area contributed by atoms with Gasteiger partial charge in [0.25, 0.3) is 0 Å². The van der Waals surface area contributed by atoms with Crippen molar-refractivity contribution in [3.05, 3.63) is 35.5 Å². The van der Waals surface area contributed by atoms with Crippen LogP contribution in [0.15, 0.2) is 24.3 Å². The highest BCUT2D eigenvalue weighted by atomic mass is 16.3. The number of likely N-dealkylation sites (N-methyl/N-ethyl adjacent to an activating group) is 1. The van der Waals surface area contributed by atoms with Crippen LogP contribution in [0.4, 0.5) is 0 Å². The Bertz CT molecular complexity index is 751. The summed E-state index contributed by atoms with van der Waals surface area (Å²) in [4.78, 5) is 19.9. The zero-order valence-electron chi connectivity index (χ0n) is 15.0. The average molecular weight is 345 g/mol. The molecular weight excluding hydrogens is 318 g/mol. The lowest BCUT2D eigenvalue weighted by molar-refractivity contribution is -0.133. The van der Waals surface area contributed by atoms with Crippen LogP contribution in [0.5, 0.6) is 0 Å². The molecule has 0 atom stereocenters. The third-order valence-electron chi connectivity index (χ3n) is 5.06. The van der Waals surface area contributed by atoms with E-state index in [2.05, 4.69) is 17.1 Å². The van der Waals surface area contributed by atoms with Gasteiger partial charge in [0.15, 0.2) is 0 Å². The zero-order valence-corrected chi connectivity index (χ0v) is 15.0. The van der Waals surface area contributed by atoms with Gasteiger partial charge in [-0.05, 0) is 13.1 Å². The number of amides is 1. The SMILES string of the molecule is CN(CC(=O)N1CCc2[nH]c3ccccc3c2C1)CC(C)(CO)CO. The molecule has 0 bridgehead atoms. The number of H-pyrrole nitrogens is 1. The van der Waals surface area contributed by atoms with Crippen LogP contribution in [0, 0.1) is 5.41 Å². The number of aromatic nitrogens is 1. The second-order valence-electron chi connectivity index (χ2n) is 7.49. The van der Waals surface area contributed by atoms with Crippen LogP contribution < -0.4 is 0 Å². The van der Waals surface area contributed by atoms with E-state index >= 15 is 0 Å². The molecule has 0 fully saturated rings. The van der Waals surface area contributed by atoms with Gasteiger partial charge in [-0.1, -0.05) is 25.1 Å². The number of para-hydroxylation sites is 1. The molecule has 0 saturated carbocycles. The summed E-state index contributed by atoms with van der Waals surface area (Å²) < 4.78 is 0. The number of carbonyl (C=O) groups excluding carboxylic acids is 1. The molecule has 0 unspecified atom stereocenters. The Morgan fingerprint density at radius 1 is 1.32 bits per heavy atom. The molecule has 0 radical (unpaired) electrons. The Hall–Kier alpha value is -1.89. The number of fused-ring (bicyclic) bond motifs is 3. The lowest BCUT2D eigenvalue weighted by Gasteiger charge is -2.32. The standard InChI is InChI=1S/C19H27N3O3/c1-19(12-23,13-24)11-21(2)10-18(25)22-8-7-17-15(9-22)14-5-3-4-6-16(14)20-17/h3-6,20,23-24H,7-13H2,1-2H3. The topological polar surface area (TPSA) is 79.8 Å². The van der Waals surface area contributed by atoms with Crippen molar-refractivity contribution in [2.24, 2.45) is 5.41 Å². The molecule has 1 aromatic carbocycles. The van der Waals surface area contributed by atoms with E-state index in [1.807, 2.05) is 35.9 Å². The Labute approximate surface area is 148 Å². The normalized spacial score (nSPS) is 15.0. The minimum atomic E-state index is -0.596. The van der Waals surface area contributed by atoms with E-state index in [1.165, 1.54) is 16.6 Å². The van der Waals surface area contributed by atoms with Crippen LogP contribution in [-0.2, 0) is 17.8 Å². The van der Waals surface area contributed by atoms with Crippen molar-refractivity contribution in [1.82, 2.24) is 14.8 Å². The number of nitrogens with one attached hydrogen (secondary N) is 1. The molecule has 25 heavy (non-hydrogen) atoms. The smallest absolute Gasteiger partial charge is 0.237 e. The van der Waals surface area contributed by atoms with Gasteiger partial charge in [0.05, 0.1) is 19.8 Å². The van der Waals surface area contributed by atoms with Crippen LogP contribution in [0.2, 0.25) is 0 Å². The molecular formula is C19H27N3O3. The first-order valence-corrected chi connectivity index (χ1v) is 8.72. The lowest BCUT2D eigenvalue weighted by atomic mass is 9.92. The highest BCUT2D eigenvalue weighted by Crippen LogP contribution is 2.27. The third-order valence-corrected chi connectivity index (χ3v) is 5.06. The van der Waals surface area contributed by atoms with E-state index in [0.717, 1.165) is 11.9 Å². The van der Waals surface area contributed by atoms with Gasteiger partial charge < -0.3 is 20.1 Å². The van der Waals surface area contributed by atoms with Gasteiger partial charge >= 0.3 is 0 Å². The molecule has 0 saturated heterocycles. The molecule has 1 aliphatic heterocycles. The summed E-state index contributed by atoms with van der Waals surface area (Å²) >= 11 is 0. The van der Waals surface area contributed by atoms with Gasteiger partial charge in [-0.25, -0.2) is 0 Å². The summed E-state index contributed by atoms with van der Waals surface area (Å²) in [5.41, 5.74) is 2.97. The molecule has 2 heterocycles. The summed E-state index contributed by atoms with van der Waals surface area (Å²) in [6.07, 6.45) is 0.838. The second kappa shape index (κ2) is 7.15. The molecule has 1 aliphatic rings. The van der Waals surface area contributed by atoms with Crippen molar-refractivity contribution in [1.29, 1.82) is 0 Å². The summed E-state index contributed by atoms with van der Waals surface area (Å²) in [7, 11) is 1.85. The second-order valence-corrected chi connectivity index (χ2v) is 7.49. The number of benzene rings is 1. The summed E-state index contributed by atoms with van der Waals surface area (Å²) in [6.45, 7) is 3.69. The van der Waals surface area contributed by atoms with Crippen molar-refractivity contribution in [2.75, 3.05) is 39.9 Å². The number of aliphatic hydroxyl groups is 2. The average Bonchev–Trinajstić information content (AvgIpc) is 2.99. The molecule has 0 aliphatic carbocycles. The van der Waals surface area contributed by atoms with Gasteiger partial charge in [-0.3, -0.25) is 9.69 Å². The van der Waals surface area contributed by atoms with Gasteiger partial charge in [0.1, 0.15) is 0 Å². The lowest BCUT2D eigenvalue weighted by Crippen LogP contribution is -2.45. The number of rotatable bonds is 6. The van der Waals surface area contributed by atoms with E-state index in [9.17, 15) is 15.0 Å². The Balaban J connectivity index is 1.66. The highest BCUT2D eigenvalue weighted by Gasteiger charge is 2.28. The third kappa shape index (κ3) is 3.71. The fourth-order valence-corrected chi connectivity index (χ4v) is 3.57. The van der Waals surface area contributed by atoms with Crippen molar-refractivity contribution in [2.45, 2.75) is 19.9 Å². The van der Waals surface area contributed by atoms with Crippen LogP contribution in [0.3, 0.4) is 0 Å². The van der Waals surface area contributed by atoms with Crippen molar-refractivity contribution in [3.8, 4) is 0 Å². The molecule has 1 amide bonds. The quantitative estimate of drug-likeness (QED) is 0.729. The summed E-state index contributed by atoms with van der Waals surface area (Å²) in [6, 6.07) is 8.20. The first-order chi connectivity index (χ1) is 12.0. The monoisotopic (exact) mass is 345 g/mol. The first kappa shape index (κ1) is 17.9. The molecule has 136 valence electrons. The number of nitrogens with zero attached hydrogens (tertiary/aromatic N) is 2. The van der Waals surface area contributed by atoms with Crippen LogP contribution in [0.25, 0.3) is 10.9 Å². The molecule has 3 rings (SSSR count). The van der Waals surface area contributed by atoms with Crippen LogP contribution in [-0.4, -0.2) is 70.8 Å². The van der Waals surface area contributed by atoms with E-state index in [1.54, 1.807) is 0 Å². The minimum Gasteiger partial charge on any atom is -0.396 e. The van der Waals surface area contributed by atoms with Gasteiger partial charge in [-0.15, -0.1) is 0 Å². The summed E-state index contributed by atoms with van der Waals surface area (Å²) in [5.74, 6) is 0.0802. The minimum absolute atomic E-state index is 0.0802. The number of carbonyl (C=O) groups is 1. The fraction of sp³-hybridized carbons (Fsp3) is 0.526. The van der Waals surface area contributed by atoms with E-state index < -0.39 is 5.41 Å². The van der Waals surface area contributed by atoms with Crippen LogP contribution >= 0.6 is 0 Å². The molecule has 6 heteroatoms. The van der Waals surface area contributed by atoms with E-state index in [-0.39, 0.29) is 25.7 Å². The number of aliphatic hydroxyl groups excluding tert-OH is 2. The molecule has 2 aromatic rings.